The lowest BCUT2D eigenvalue weighted by atomic mass is 10.1. The van der Waals surface area contributed by atoms with Crippen LogP contribution in [0.4, 0.5) is 4.79 Å². The van der Waals surface area contributed by atoms with Crippen molar-refractivity contribution in [2.45, 2.75) is 6.42 Å². The summed E-state index contributed by atoms with van der Waals surface area (Å²) < 4.78 is 5.17. The predicted molar refractivity (Wildman–Crippen MR) is 101 cm³/mol. The van der Waals surface area contributed by atoms with Gasteiger partial charge in [0.1, 0.15) is 5.75 Å². The Balaban J connectivity index is 1.64. The van der Waals surface area contributed by atoms with Crippen LogP contribution in [0.2, 0.25) is 0 Å². The Morgan fingerprint density at radius 2 is 1.81 bits per heavy atom. The van der Waals surface area contributed by atoms with Crippen molar-refractivity contribution in [2.75, 3.05) is 52.9 Å². The molecule has 7 nitrogen and oxygen atoms in total. The largest absolute Gasteiger partial charge is 0.497 e. The van der Waals surface area contributed by atoms with Gasteiger partial charge in [0.15, 0.2) is 0 Å². The molecule has 7 heteroatoms. The summed E-state index contributed by atoms with van der Waals surface area (Å²) in [5.74, 6) is 0.594. The number of imide groups is 1. The fourth-order valence-corrected chi connectivity index (χ4v) is 2.83. The van der Waals surface area contributed by atoms with Crippen LogP contribution < -0.4 is 15.4 Å². The van der Waals surface area contributed by atoms with Crippen LogP contribution in [0.25, 0.3) is 0 Å². The van der Waals surface area contributed by atoms with Crippen molar-refractivity contribution in [3.63, 3.8) is 0 Å². The van der Waals surface area contributed by atoms with Gasteiger partial charge in [0.2, 0.25) is 5.91 Å². The zero-order chi connectivity index (χ0) is 18.8. The van der Waals surface area contributed by atoms with Gasteiger partial charge in [-0.2, -0.15) is 0 Å². The number of carbonyl (C=O) groups excluding carboxylic acids is 2. The first-order valence-electron chi connectivity index (χ1n) is 8.87. The molecule has 1 aromatic rings. The van der Waals surface area contributed by atoms with E-state index in [1.54, 1.807) is 13.2 Å². The van der Waals surface area contributed by atoms with E-state index in [2.05, 4.69) is 39.1 Å². The van der Waals surface area contributed by atoms with Crippen molar-refractivity contribution in [1.29, 1.82) is 0 Å². The van der Waals surface area contributed by atoms with Crippen LogP contribution in [0.3, 0.4) is 0 Å². The highest BCUT2D eigenvalue weighted by Gasteiger charge is 2.19. The summed E-state index contributed by atoms with van der Waals surface area (Å²) in [5, 5.41) is 4.85. The number of piperazine rings is 1. The highest BCUT2D eigenvalue weighted by molar-refractivity contribution is 5.95. The normalized spacial score (nSPS) is 15.3. The monoisotopic (exact) mass is 360 g/mol. The van der Waals surface area contributed by atoms with Crippen LogP contribution in [0, 0.1) is 0 Å². The van der Waals surface area contributed by atoms with Crippen molar-refractivity contribution < 1.29 is 14.3 Å². The summed E-state index contributed by atoms with van der Waals surface area (Å²) in [6.45, 7) is 8.58. The third kappa shape index (κ3) is 6.85. The van der Waals surface area contributed by atoms with E-state index < -0.39 is 6.03 Å². The third-order valence-corrected chi connectivity index (χ3v) is 4.37. The van der Waals surface area contributed by atoms with Gasteiger partial charge in [0.25, 0.3) is 0 Å². The molecule has 0 bridgehead atoms. The minimum atomic E-state index is -0.479. The fourth-order valence-electron chi connectivity index (χ4n) is 2.83. The Kier molecular flexibility index (Phi) is 8.11. The topological polar surface area (TPSA) is 73.9 Å². The molecule has 0 unspecified atom stereocenters. The van der Waals surface area contributed by atoms with E-state index in [-0.39, 0.29) is 12.5 Å². The number of urea groups is 1. The van der Waals surface area contributed by atoms with Gasteiger partial charge in [0, 0.05) is 39.3 Å². The summed E-state index contributed by atoms with van der Waals surface area (Å²) in [5.41, 5.74) is 1.29. The molecule has 1 saturated heterocycles. The first kappa shape index (κ1) is 19.9. The SMILES string of the molecule is C=CCNC(=O)NC(=O)CN1CCN(CCc2ccc(OC)cc2)CC1. The van der Waals surface area contributed by atoms with E-state index in [9.17, 15) is 9.59 Å². The lowest BCUT2D eigenvalue weighted by Gasteiger charge is -2.34. The second-order valence-electron chi connectivity index (χ2n) is 6.26. The Hall–Kier alpha value is -2.38. The summed E-state index contributed by atoms with van der Waals surface area (Å²) in [6, 6.07) is 7.68. The van der Waals surface area contributed by atoms with Crippen molar-refractivity contribution in [2.24, 2.45) is 0 Å². The number of nitrogens with one attached hydrogen (secondary N) is 2. The maximum Gasteiger partial charge on any atom is 0.321 e. The van der Waals surface area contributed by atoms with Gasteiger partial charge in [0.05, 0.1) is 13.7 Å². The highest BCUT2D eigenvalue weighted by atomic mass is 16.5. The molecule has 0 atom stereocenters. The molecule has 2 rings (SSSR count). The zero-order valence-corrected chi connectivity index (χ0v) is 15.4. The number of carbonyl (C=O) groups is 2. The van der Waals surface area contributed by atoms with Crippen LogP contribution >= 0.6 is 0 Å². The summed E-state index contributed by atoms with van der Waals surface area (Å²) in [6.07, 6.45) is 2.56. The van der Waals surface area contributed by atoms with E-state index in [1.807, 2.05) is 12.1 Å². The standard InChI is InChI=1S/C19H28N4O3/c1-3-9-20-19(25)21-18(24)15-23-13-11-22(12-14-23)10-8-16-4-6-17(26-2)7-5-16/h3-7H,1,8-15H2,2H3,(H2,20,21,24,25). The second-order valence-corrected chi connectivity index (χ2v) is 6.26. The number of hydrogen-bond donors (Lipinski definition) is 2. The van der Waals surface area contributed by atoms with E-state index in [0.29, 0.717) is 6.54 Å². The van der Waals surface area contributed by atoms with Gasteiger partial charge in [-0.05, 0) is 24.1 Å². The Morgan fingerprint density at radius 3 is 2.42 bits per heavy atom. The molecule has 0 saturated carbocycles. The first-order chi connectivity index (χ1) is 12.6. The van der Waals surface area contributed by atoms with Gasteiger partial charge in [-0.3, -0.25) is 15.0 Å². The van der Waals surface area contributed by atoms with Crippen molar-refractivity contribution >= 4 is 11.9 Å². The molecule has 1 aliphatic rings. The molecular formula is C19H28N4O3. The summed E-state index contributed by atoms with van der Waals surface area (Å²) >= 11 is 0. The molecular weight excluding hydrogens is 332 g/mol. The molecule has 0 aromatic heterocycles. The number of amides is 3. The van der Waals surface area contributed by atoms with Crippen LogP contribution in [0.5, 0.6) is 5.75 Å². The van der Waals surface area contributed by atoms with Crippen molar-refractivity contribution in [3.05, 3.63) is 42.5 Å². The number of nitrogens with zero attached hydrogens (tertiary/aromatic N) is 2. The molecule has 3 amide bonds. The smallest absolute Gasteiger partial charge is 0.321 e. The summed E-state index contributed by atoms with van der Waals surface area (Å²) in [7, 11) is 1.67. The van der Waals surface area contributed by atoms with Crippen LogP contribution in [-0.4, -0.2) is 74.7 Å². The van der Waals surface area contributed by atoms with Gasteiger partial charge in [-0.1, -0.05) is 18.2 Å². The van der Waals surface area contributed by atoms with Crippen LogP contribution in [0.15, 0.2) is 36.9 Å². The Morgan fingerprint density at radius 1 is 1.15 bits per heavy atom. The van der Waals surface area contributed by atoms with Crippen LogP contribution in [0.1, 0.15) is 5.56 Å². The second kappa shape index (κ2) is 10.6. The highest BCUT2D eigenvalue weighted by Crippen LogP contribution is 2.12. The van der Waals surface area contributed by atoms with E-state index in [0.717, 1.165) is 44.9 Å². The average Bonchev–Trinajstić information content (AvgIpc) is 2.66. The van der Waals surface area contributed by atoms with E-state index in [4.69, 9.17) is 4.74 Å². The molecule has 2 N–H and O–H groups in total. The van der Waals surface area contributed by atoms with Gasteiger partial charge in [-0.25, -0.2) is 4.79 Å². The Bertz CT molecular complexity index is 595. The zero-order valence-electron chi connectivity index (χ0n) is 15.4. The van der Waals surface area contributed by atoms with Gasteiger partial charge >= 0.3 is 6.03 Å². The van der Waals surface area contributed by atoms with Crippen molar-refractivity contribution in [3.8, 4) is 5.75 Å². The van der Waals surface area contributed by atoms with E-state index >= 15 is 0 Å². The third-order valence-electron chi connectivity index (χ3n) is 4.37. The maximum absolute atomic E-state index is 11.9. The predicted octanol–water partition coefficient (Wildman–Crippen LogP) is 0.867. The van der Waals surface area contributed by atoms with Gasteiger partial charge < -0.3 is 15.0 Å². The fraction of sp³-hybridized carbons (Fsp3) is 0.474. The molecule has 0 radical (unpaired) electrons. The number of methoxy groups -OCH3 is 1. The first-order valence-corrected chi connectivity index (χ1v) is 8.87. The molecule has 26 heavy (non-hydrogen) atoms. The molecule has 1 aliphatic heterocycles. The number of rotatable bonds is 8. The Labute approximate surface area is 155 Å². The molecule has 0 aliphatic carbocycles. The minimum Gasteiger partial charge on any atom is -0.497 e. The molecule has 1 aromatic carbocycles. The van der Waals surface area contributed by atoms with Crippen molar-refractivity contribution in [1.82, 2.24) is 20.4 Å². The maximum atomic E-state index is 11.9. The summed E-state index contributed by atoms with van der Waals surface area (Å²) in [4.78, 5) is 27.8. The minimum absolute atomic E-state index is 0.244. The number of hydrogen-bond acceptors (Lipinski definition) is 5. The quantitative estimate of drug-likeness (QED) is 0.673. The van der Waals surface area contributed by atoms with Gasteiger partial charge in [-0.15, -0.1) is 6.58 Å². The number of benzene rings is 1. The number of ether oxygens (including phenoxy) is 1. The van der Waals surface area contributed by atoms with Crippen LogP contribution in [-0.2, 0) is 11.2 Å². The lowest BCUT2D eigenvalue weighted by molar-refractivity contribution is -0.121. The molecule has 1 heterocycles. The molecule has 0 spiro atoms. The van der Waals surface area contributed by atoms with E-state index in [1.165, 1.54) is 5.56 Å². The molecule has 142 valence electrons. The average molecular weight is 360 g/mol. The molecule has 1 fully saturated rings. The lowest BCUT2D eigenvalue weighted by Crippen LogP contribution is -2.51.